The molecule has 0 aromatic rings. The molecule has 0 spiro atoms. The van der Waals surface area contributed by atoms with E-state index in [0.717, 1.165) is 18.3 Å². The van der Waals surface area contributed by atoms with Crippen LogP contribution in [0.1, 0.15) is 120 Å². The van der Waals surface area contributed by atoms with Crippen LogP contribution in [0.3, 0.4) is 0 Å². The van der Waals surface area contributed by atoms with Gasteiger partial charge in [0.15, 0.2) is 0 Å². The van der Waals surface area contributed by atoms with Crippen LogP contribution in [0.25, 0.3) is 0 Å². The van der Waals surface area contributed by atoms with E-state index in [1.54, 1.807) is 6.92 Å². The first-order valence-corrected chi connectivity index (χ1v) is 14.9. The highest BCUT2D eigenvalue weighted by molar-refractivity contribution is 5.66. The highest BCUT2D eigenvalue weighted by atomic mass is 16.5. The van der Waals surface area contributed by atoms with Crippen LogP contribution < -0.4 is 0 Å². The third kappa shape index (κ3) is 3.34. The molecular weight excluding hydrogens is 432 g/mol. The monoisotopic (exact) mass is 484 g/mol. The molecule has 11 atom stereocenters. The topological polar surface area (TPSA) is 43.4 Å². The number of esters is 1. The zero-order chi connectivity index (χ0) is 25.6. The molecule has 5 fully saturated rings. The van der Waals surface area contributed by atoms with Gasteiger partial charge in [0.25, 0.3) is 0 Å². The summed E-state index contributed by atoms with van der Waals surface area (Å²) in [6.07, 6.45) is 14.0. The van der Waals surface area contributed by atoms with Crippen LogP contribution in [-0.4, -0.2) is 18.4 Å². The number of rotatable bonds is 3. The summed E-state index contributed by atoms with van der Waals surface area (Å²) in [6, 6.07) is 0. The highest BCUT2D eigenvalue weighted by Gasteiger charge is 2.70. The lowest BCUT2D eigenvalue weighted by Crippen LogP contribution is -2.66. The molecule has 0 bridgehead atoms. The van der Waals surface area contributed by atoms with Gasteiger partial charge in [0.05, 0.1) is 0 Å². The number of hydrogen-bond acceptors (Lipinski definition) is 3. The number of ether oxygens (including phenoxy) is 1. The second kappa shape index (κ2) is 8.07. The number of carbonyl (C=O) groups excluding carboxylic acids is 2. The van der Waals surface area contributed by atoms with Gasteiger partial charge in [0.1, 0.15) is 12.4 Å². The van der Waals surface area contributed by atoms with E-state index in [1.807, 2.05) is 0 Å². The van der Waals surface area contributed by atoms with Gasteiger partial charge < -0.3 is 9.53 Å². The zero-order valence-electron chi connectivity index (χ0n) is 23.9. The summed E-state index contributed by atoms with van der Waals surface area (Å²) in [5.74, 6) is 3.45. The van der Waals surface area contributed by atoms with E-state index < -0.39 is 0 Å². The van der Waals surface area contributed by atoms with Crippen LogP contribution in [-0.2, 0) is 14.3 Å². The van der Waals surface area contributed by atoms with E-state index in [9.17, 15) is 9.59 Å². The molecule has 0 saturated heterocycles. The molecule has 5 saturated carbocycles. The van der Waals surface area contributed by atoms with Crippen LogP contribution in [0.2, 0.25) is 0 Å². The average molecular weight is 485 g/mol. The second-order valence-corrected chi connectivity index (χ2v) is 15.5. The minimum absolute atomic E-state index is 0.0266. The fourth-order valence-corrected chi connectivity index (χ4v) is 12.1. The Morgan fingerprint density at radius 1 is 0.829 bits per heavy atom. The molecule has 11 unspecified atom stereocenters. The quantitative estimate of drug-likeness (QED) is 0.302. The van der Waals surface area contributed by atoms with Gasteiger partial charge in [0, 0.05) is 18.3 Å². The number of fused-ring (bicyclic) bond motifs is 7. The van der Waals surface area contributed by atoms with Crippen molar-refractivity contribution < 1.29 is 14.3 Å². The lowest BCUT2D eigenvalue weighted by Gasteiger charge is -2.73. The van der Waals surface area contributed by atoms with E-state index in [2.05, 4.69) is 48.5 Å². The van der Waals surface area contributed by atoms with Crippen molar-refractivity contribution in [3.8, 4) is 0 Å². The molecule has 0 aliphatic heterocycles. The molecule has 5 aliphatic carbocycles. The molecule has 3 nitrogen and oxygen atoms in total. The number of aldehydes is 1. The maximum absolute atomic E-state index is 11.9. The summed E-state index contributed by atoms with van der Waals surface area (Å²) in [4.78, 5) is 23.8. The van der Waals surface area contributed by atoms with Gasteiger partial charge in [-0.1, -0.05) is 48.5 Å². The molecule has 0 heterocycles. The highest BCUT2D eigenvalue weighted by Crippen LogP contribution is 2.77. The Balaban J connectivity index is 1.49. The largest absolute Gasteiger partial charge is 0.462 e. The molecule has 0 amide bonds. The fraction of sp³-hybridized carbons (Fsp3) is 0.938. The molecular formula is C32H52O3. The predicted octanol–water partition coefficient (Wildman–Crippen LogP) is 7.85. The van der Waals surface area contributed by atoms with Crippen molar-refractivity contribution in [1.29, 1.82) is 0 Å². The Morgan fingerprint density at radius 2 is 1.54 bits per heavy atom. The van der Waals surface area contributed by atoms with Gasteiger partial charge in [-0.15, -0.1) is 0 Å². The Hall–Kier alpha value is -0.860. The lowest BCUT2D eigenvalue weighted by molar-refractivity contribution is -0.250. The second-order valence-electron chi connectivity index (χ2n) is 15.5. The maximum atomic E-state index is 11.9. The first-order valence-electron chi connectivity index (χ1n) is 14.9. The standard InChI is InChI=1S/C32H52O3/c1-20(19-33)22-11-14-29(5)17-18-31(7)23(27(22)29)9-10-25-30(6)15-13-26(35-21(2)34)28(3,4)24(30)12-16-32(25,31)8/h19-20,22-27H,9-18H2,1-8H3. The molecule has 0 aromatic heterocycles. The molecule has 3 heteroatoms. The number of carbonyl (C=O) groups is 2. The first kappa shape index (κ1) is 25.8. The van der Waals surface area contributed by atoms with E-state index in [-0.39, 0.29) is 23.4 Å². The van der Waals surface area contributed by atoms with E-state index in [1.165, 1.54) is 64.1 Å². The zero-order valence-corrected chi connectivity index (χ0v) is 23.9. The predicted molar refractivity (Wildman–Crippen MR) is 141 cm³/mol. The van der Waals surface area contributed by atoms with Gasteiger partial charge in [-0.2, -0.15) is 0 Å². The number of hydrogen-bond donors (Lipinski definition) is 0. The van der Waals surface area contributed by atoms with Gasteiger partial charge in [-0.25, -0.2) is 0 Å². The smallest absolute Gasteiger partial charge is 0.302 e. The van der Waals surface area contributed by atoms with E-state index in [0.29, 0.717) is 39.4 Å². The fourth-order valence-electron chi connectivity index (χ4n) is 12.1. The Morgan fingerprint density at radius 3 is 2.20 bits per heavy atom. The summed E-state index contributed by atoms with van der Waals surface area (Å²) in [7, 11) is 0. The van der Waals surface area contributed by atoms with E-state index >= 15 is 0 Å². The molecule has 0 N–H and O–H groups in total. The summed E-state index contributed by atoms with van der Waals surface area (Å²) >= 11 is 0. The third-order valence-electron chi connectivity index (χ3n) is 14.0. The minimum Gasteiger partial charge on any atom is -0.462 e. The molecule has 35 heavy (non-hydrogen) atoms. The summed E-state index contributed by atoms with van der Waals surface area (Å²) < 4.78 is 5.90. The van der Waals surface area contributed by atoms with Gasteiger partial charge >= 0.3 is 5.97 Å². The summed E-state index contributed by atoms with van der Waals surface area (Å²) in [6.45, 7) is 19.1. The van der Waals surface area contributed by atoms with E-state index in [4.69, 9.17) is 4.74 Å². The average Bonchev–Trinajstić information content (AvgIpc) is 3.13. The SMILES string of the molecule is CC(=O)OC1CCC2(C)C(CCC3(C)C2CCC2C4C(C(C)C=O)CCC4(C)CCC23C)C1(C)C. The Bertz CT molecular complexity index is 878. The Labute approximate surface area is 214 Å². The van der Waals surface area contributed by atoms with Crippen LogP contribution in [0.15, 0.2) is 0 Å². The van der Waals surface area contributed by atoms with Crippen molar-refractivity contribution in [2.45, 2.75) is 126 Å². The van der Waals surface area contributed by atoms with Gasteiger partial charge in [0.2, 0.25) is 0 Å². The lowest BCUT2D eigenvalue weighted by atomic mass is 9.32. The molecule has 0 radical (unpaired) electrons. The van der Waals surface area contributed by atoms with Crippen molar-refractivity contribution in [1.82, 2.24) is 0 Å². The minimum atomic E-state index is -0.124. The normalized spacial score (nSPS) is 53.4. The van der Waals surface area contributed by atoms with Gasteiger partial charge in [-0.05, 0) is 115 Å². The molecule has 5 aliphatic rings. The van der Waals surface area contributed by atoms with Crippen LogP contribution in [0, 0.1) is 62.6 Å². The Kier molecular flexibility index (Phi) is 5.94. The summed E-state index contributed by atoms with van der Waals surface area (Å²) in [5.41, 5.74) is 1.48. The van der Waals surface area contributed by atoms with Crippen molar-refractivity contribution in [2.24, 2.45) is 62.6 Å². The van der Waals surface area contributed by atoms with Crippen LogP contribution in [0.5, 0.6) is 0 Å². The van der Waals surface area contributed by atoms with Gasteiger partial charge in [-0.3, -0.25) is 4.79 Å². The summed E-state index contributed by atoms with van der Waals surface area (Å²) in [5, 5.41) is 0. The molecule has 0 aromatic carbocycles. The maximum Gasteiger partial charge on any atom is 0.302 e. The van der Waals surface area contributed by atoms with Crippen LogP contribution >= 0.6 is 0 Å². The van der Waals surface area contributed by atoms with Crippen molar-refractivity contribution in [3.05, 3.63) is 0 Å². The molecule has 5 rings (SSSR count). The first-order chi connectivity index (χ1) is 16.2. The third-order valence-corrected chi connectivity index (χ3v) is 14.0. The van der Waals surface area contributed by atoms with Crippen molar-refractivity contribution >= 4 is 12.3 Å². The van der Waals surface area contributed by atoms with Crippen molar-refractivity contribution in [3.63, 3.8) is 0 Å². The van der Waals surface area contributed by atoms with Crippen molar-refractivity contribution in [2.75, 3.05) is 0 Å². The van der Waals surface area contributed by atoms with Crippen LogP contribution in [0.4, 0.5) is 0 Å². The molecule has 198 valence electrons.